The number of halogens is 1. The summed E-state index contributed by atoms with van der Waals surface area (Å²) in [7, 11) is 0. The van der Waals surface area contributed by atoms with E-state index in [2.05, 4.69) is 9.97 Å². The van der Waals surface area contributed by atoms with Gasteiger partial charge in [0.1, 0.15) is 23.7 Å². The molecule has 1 aromatic heterocycles. The van der Waals surface area contributed by atoms with E-state index in [1.165, 1.54) is 36.7 Å². The molecule has 1 fully saturated rings. The van der Waals surface area contributed by atoms with Gasteiger partial charge >= 0.3 is 0 Å². The van der Waals surface area contributed by atoms with Crippen LogP contribution in [-0.2, 0) is 4.79 Å². The summed E-state index contributed by atoms with van der Waals surface area (Å²) in [6.07, 6.45) is 4.15. The van der Waals surface area contributed by atoms with Gasteiger partial charge in [0.15, 0.2) is 6.61 Å². The number of likely N-dealkylation sites (tertiary alicyclic amines) is 1. The Hall–Kier alpha value is -3.21. The van der Waals surface area contributed by atoms with Crippen LogP contribution in [0, 0.1) is 17.1 Å². The van der Waals surface area contributed by atoms with Gasteiger partial charge in [0.05, 0.1) is 6.54 Å². The number of hydrogen-bond donors (Lipinski definition) is 0. The van der Waals surface area contributed by atoms with Gasteiger partial charge in [-0.25, -0.2) is 14.4 Å². The Bertz CT molecular complexity index is 807. The topological polar surface area (TPSA) is 88.3 Å². The number of aromatic nitrogens is 2. The lowest BCUT2D eigenvalue weighted by Gasteiger charge is -2.32. The molecule has 1 saturated heterocycles. The summed E-state index contributed by atoms with van der Waals surface area (Å²) >= 11 is 0. The Balaban J connectivity index is 1.55. The van der Waals surface area contributed by atoms with Crippen molar-refractivity contribution in [2.45, 2.75) is 18.9 Å². The molecule has 1 aromatic carbocycles. The zero-order valence-corrected chi connectivity index (χ0v) is 14.0. The zero-order chi connectivity index (χ0) is 18.4. The van der Waals surface area contributed by atoms with Crippen molar-refractivity contribution in [3.8, 4) is 17.7 Å². The van der Waals surface area contributed by atoms with Gasteiger partial charge in [-0.2, -0.15) is 5.26 Å². The standard InChI is InChI=1S/C18H17FN4O3/c19-13-3-5-14(6-4-13)25-12-17(24)23-9-1-2-15(11-23)26-18-16(10-20)21-7-8-22-18/h3-8,15H,1-2,9,11-12H2. The Morgan fingerprint density at radius 1 is 1.31 bits per heavy atom. The molecule has 0 spiro atoms. The second kappa shape index (κ2) is 8.25. The normalized spacial score (nSPS) is 16.6. The Morgan fingerprint density at radius 2 is 2.08 bits per heavy atom. The number of carbonyl (C=O) groups excluding carboxylic acids is 1. The molecule has 0 N–H and O–H groups in total. The molecule has 2 aromatic rings. The van der Waals surface area contributed by atoms with E-state index in [0.717, 1.165) is 12.8 Å². The SMILES string of the molecule is N#Cc1nccnc1OC1CCCN(C(=O)COc2ccc(F)cc2)C1. The highest BCUT2D eigenvalue weighted by atomic mass is 19.1. The third-order valence-corrected chi connectivity index (χ3v) is 3.96. The van der Waals surface area contributed by atoms with Crippen LogP contribution in [0.15, 0.2) is 36.7 Å². The average molecular weight is 356 g/mol. The van der Waals surface area contributed by atoms with E-state index >= 15 is 0 Å². The number of hydrogen-bond acceptors (Lipinski definition) is 6. The fourth-order valence-corrected chi connectivity index (χ4v) is 2.67. The van der Waals surface area contributed by atoms with Gasteiger partial charge in [-0.1, -0.05) is 0 Å². The van der Waals surface area contributed by atoms with Crippen molar-refractivity contribution in [1.29, 1.82) is 5.26 Å². The number of benzene rings is 1. The van der Waals surface area contributed by atoms with Crippen LogP contribution < -0.4 is 9.47 Å². The van der Waals surface area contributed by atoms with Crippen LogP contribution in [0.4, 0.5) is 4.39 Å². The van der Waals surface area contributed by atoms with Crippen LogP contribution in [0.1, 0.15) is 18.5 Å². The number of carbonyl (C=O) groups is 1. The van der Waals surface area contributed by atoms with Gasteiger partial charge in [0.2, 0.25) is 5.69 Å². The first-order chi connectivity index (χ1) is 12.7. The Kier molecular flexibility index (Phi) is 5.59. The molecule has 134 valence electrons. The fraction of sp³-hybridized carbons (Fsp3) is 0.333. The molecule has 0 saturated carbocycles. The second-order valence-electron chi connectivity index (χ2n) is 5.79. The van der Waals surface area contributed by atoms with Gasteiger partial charge in [-0.05, 0) is 37.1 Å². The van der Waals surface area contributed by atoms with Crippen LogP contribution >= 0.6 is 0 Å². The molecule has 7 nitrogen and oxygen atoms in total. The first-order valence-electron chi connectivity index (χ1n) is 8.19. The highest BCUT2D eigenvalue weighted by Gasteiger charge is 2.26. The minimum absolute atomic E-state index is 0.121. The quantitative estimate of drug-likeness (QED) is 0.813. The molecule has 1 aliphatic heterocycles. The smallest absolute Gasteiger partial charge is 0.260 e. The summed E-state index contributed by atoms with van der Waals surface area (Å²) in [5.74, 6) is 0.0716. The summed E-state index contributed by atoms with van der Waals surface area (Å²) in [6, 6.07) is 7.44. The minimum Gasteiger partial charge on any atom is -0.484 e. The number of rotatable bonds is 5. The predicted molar refractivity (Wildman–Crippen MR) is 88.9 cm³/mol. The molecular formula is C18H17FN4O3. The lowest BCUT2D eigenvalue weighted by molar-refractivity contribution is -0.136. The molecule has 0 bridgehead atoms. The van der Waals surface area contributed by atoms with E-state index in [0.29, 0.717) is 18.8 Å². The van der Waals surface area contributed by atoms with Gasteiger partial charge < -0.3 is 14.4 Å². The van der Waals surface area contributed by atoms with E-state index in [-0.39, 0.29) is 36.0 Å². The molecule has 26 heavy (non-hydrogen) atoms. The van der Waals surface area contributed by atoms with Crippen LogP contribution in [-0.4, -0.2) is 46.6 Å². The van der Waals surface area contributed by atoms with Crippen molar-refractivity contribution < 1.29 is 18.7 Å². The van der Waals surface area contributed by atoms with E-state index in [9.17, 15) is 9.18 Å². The molecule has 1 aliphatic rings. The van der Waals surface area contributed by atoms with Crippen molar-refractivity contribution in [2.24, 2.45) is 0 Å². The maximum absolute atomic E-state index is 12.9. The third-order valence-electron chi connectivity index (χ3n) is 3.96. The van der Waals surface area contributed by atoms with Crippen LogP contribution in [0.2, 0.25) is 0 Å². The molecule has 1 unspecified atom stereocenters. The zero-order valence-electron chi connectivity index (χ0n) is 14.0. The highest BCUT2D eigenvalue weighted by molar-refractivity contribution is 5.77. The molecule has 3 rings (SSSR count). The molecule has 1 amide bonds. The van der Waals surface area contributed by atoms with Crippen LogP contribution in [0.25, 0.3) is 0 Å². The molecule has 1 atom stereocenters. The van der Waals surface area contributed by atoms with Gasteiger partial charge in [-0.15, -0.1) is 0 Å². The molecule has 2 heterocycles. The van der Waals surface area contributed by atoms with Crippen molar-refractivity contribution in [3.63, 3.8) is 0 Å². The number of nitriles is 1. The third kappa shape index (κ3) is 4.45. The molecule has 0 radical (unpaired) electrons. The highest BCUT2D eigenvalue weighted by Crippen LogP contribution is 2.19. The lowest BCUT2D eigenvalue weighted by Crippen LogP contribution is -2.46. The maximum atomic E-state index is 12.9. The average Bonchev–Trinajstić information content (AvgIpc) is 2.68. The largest absolute Gasteiger partial charge is 0.484 e. The summed E-state index contributed by atoms with van der Waals surface area (Å²) in [4.78, 5) is 21.9. The van der Waals surface area contributed by atoms with Crippen molar-refractivity contribution in [2.75, 3.05) is 19.7 Å². The first-order valence-corrected chi connectivity index (χ1v) is 8.19. The van der Waals surface area contributed by atoms with Gasteiger partial charge in [0, 0.05) is 18.9 Å². The Labute approximate surface area is 150 Å². The number of amides is 1. The van der Waals surface area contributed by atoms with Crippen LogP contribution in [0.3, 0.4) is 0 Å². The van der Waals surface area contributed by atoms with Gasteiger partial charge in [-0.3, -0.25) is 4.79 Å². The lowest BCUT2D eigenvalue weighted by atomic mass is 10.1. The number of nitrogens with zero attached hydrogens (tertiary/aromatic N) is 4. The summed E-state index contributed by atoms with van der Waals surface area (Å²) in [5.41, 5.74) is 0.121. The molecular weight excluding hydrogens is 339 g/mol. The minimum atomic E-state index is -0.361. The van der Waals surface area contributed by atoms with E-state index < -0.39 is 0 Å². The number of piperidine rings is 1. The Morgan fingerprint density at radius 3 is 2.85 bits per heavy atom. The summed E-state index contributed by atoms with van der Waals surface area (Å²) in [6.45, 7) is 0.858. The van der Waals surface area contributed by atoms with Gasteiger partial charge in [0.25, 0.3) is 11.8 Å². The first kappa shape index (κ1) is 17.6. The van der Waals surface area contributed by atoms with Crippen molar-refractivity contribution in [3.05, 3.63) is 48.2 Å². The monoisotopic (exact) mass is 356 g/mol. The maximum Gasteiger partial charge on any atom is 0.260 e. The summed E-state index contributed by atoms with van der Waals surface area (Å²) in [5, 5.41) is 9.05. The number of ether oxygens (including phenoxy) is 2. The van der Waals surface area contributed by atoms with Crippen molar-refractivity contribution in [1.82, 2.24) is 14.9 Å². The fourth-order valence-electron chi connectivity index (χ4n) is 2.67. The van der Waals surface area contributed by atoms with Crippen molar-refractivity contribution >= 4 is 5.91 Å². The van der Waals surface area contributed by atoms with Crippen LogP contribution in [0.5, 0.6) is 11.6 Å². The summed E-state index contributed by atoms with van der Waals surface area (Å²) < 4.78 is 24.0. The molecule has 0 aliphatic carbocycles. The van der Waals surface area contributed by atoms with E-state index in [1.807, 2.05) is 6.07 Å². The van der Waals surface area contributed by atoms with E-state index in [4.69, 9.17) is 14.7 Å². The van der Waals surface area contributed by atoms with E-state index in [1.54, 1.807) is 4.90 Å². The molecule has 8 heteroatoms. The second-order valence-corrected chi connectivity index (χ2v) is 5.79. The predicted octanol–water partition coefficient (Wildman–Crippen LogP) is 1.94.